The molecular formula is C21H23Cl2N5O3. The summed E-state index contributed by atoms with van der Waals surface area (Å²) < 4.78 is 0. The van der Waals surface area contributed by atoms with Crippen LogP contribution in [0, 0.1) is 0 Å². The van der Waals surface area contributed by atoms with Crippen molar-refractivity contribution in [2.75, 3.05) is 22.1 Å². The van der Waals surface area contributed by atoms with Crippen molar-refractivity contribution in [1.29, 1.82) is 0 Å². The maximum Gasteiger partial charge on any atom is 0.258 e. The van der Waals surface area contributed by atoms with E-state index in [2.05, 4.69) is 32.4 Å². The zero-order valence-corrected chi connectivity index (χ0v) is 18.5. The third kappa shape index (κ3) is 4.27. The Bertz CT molecular complexity index is 1090. The number of aromatic nitrogens is 2. The summed E-state index contributed by atoms with van der Waals surface area (Å²) in [6.45, 7) is 2.88. The third-order valence-electron chi connectivity index (χ3n) is 5.83. The Labute approximate surface area is 189 Å². The molecule has 10 heteroatoms. The molecule has 2 aromatic rings. The number of carbonyl (C=O) groups excluding carboxylic acids is 2. The van der Waals surface area contributed by atoms with Crippen LogP contribution in [0.3, 0.4) is 0 Å². The number of halogens is 2. The lowest BCUT2D eigenvalue weighted by Crippen LogP contribution is -2.43. The minimum Gasteiger partial charge on any atom is -0.339 e. The van der Waals surface area contributed by atoms with E-state index in [-0.39, 0.29) is 39.8 Å². The zero-order valence-electron chi connectivity index (χ0n) is 17.0. The predicted octanol–water partition coefficient (Wildman–Crippen LogP) is 3.91. The predicted molar refractivity (Wildman–Crippen MR) is 121 cm³/mol. The van der Waals surface area contributed by atoms with Gasteiger partial charge in [-0.25, -0.2) is 0 Å². The van der Waals surface area contributed by atoms with Crippen molar-refractivity contribution in [2.24, 2.45) is 0 Å². The lowest BCUT2D eigenvalue weighted by molar-refractivity contribution is -0.123. The molecule has 2 aliphatic heterocycles. The fraction of sp³-hybridized carbons (Fsp3) is 0.429. The highest BCUT2D eigenvalue weighted by Crippen LogP contribution is 2.34. The number of aromatic amines is 1. The van der Waals surface area contributed by atoms with E-state index >= 15 is 0 Å². The molecule has 0 bridgehead atoms. The number of amides is 2. The molecule has 1 aromatic heterocycles. The van der Waals surface area contributed by atoms with Crippen LogP contribution >= 0.6 is 23.2 Å². The normalized spacial score (nSPS) is 20.7. The van der Waals surface area contributed by atoms with Crippen molar-refractivity contribution < 1.29 is 9.59 Å². The van der Waals surface area contributed by atoms with Gasteiger partial charge in [0.25, 0.3) is 5.56 Å². The molecule has 4 rings (SSSR count). The Morgan fingerprint density at radius 3 is 2.87 bits per heavy atom. The van der Waals surface area contributed by atoms with Crippen molar-refractivity contribution in [3.8, 4) is 0 Å². The van der Waals surface area contributed by atoms with Crippen molar-refractivity contribution in [3.05, 3.63) is 44.2 Å². The number of fused-ring (bicyclic) bond motifs is 1. The van der Waals surface area contributed by atoms with E-state index in [0.29, 0.717) is 11.6 Å². The molecule has 1 saturated heterocycles. The van der Waals surface area contributed by atoms with Crippen LogP contribution in [-0.4, -0.2) is 34.4 Å². The minimum absolute atomic E-state index is 0.132. The van der Waals surface area contributed by atoms with Crippen LogP contribution in [0.1, 0.15) is 50.5 Å². The standard InChI is InChI=1S/C21H23Cl2N5O3/c1-2-11-6-3-4-9-28(11)21-26-18-16(20(31)27-21)12(10-15(29)25-18)19(30)24-14-8-5-7-13(22)17(14)23/h5,7-8,11-12H,2-4,6,9-10H2,1H3,(H,24,30)(H2,25,26,27,29,31)/t11-,12-/m1/s1. The van der Waals surface area contributed by atoms with Gasteiger partial charge >= 0.3 is 0 Å². The molecule has 2 aliphatic rings. The van der Waals surface area contributed by atoms with E-state index in [1.807, 2.05) is 0 Å². The van der Waals surface area contributed by atoms with Gasteiger partial charge in [0, 0.05) is 19.0 Å². The van der Waals surface area contributed by atoms with Crippen molar-refractivity contribution >= 4 is 52.5 Å². The van der Waals surface area contributed by atoms with Gasteiger partial charge in [-0.1, -0.05) is 36.2 Å². The maximum atomic E-state index is 13.0. The summed E-state index contributed by atoms with van der Waals surface area (Å²) in [5.74, 6) is -1.33. The lowest BCUT2D eigenvalue weighted by atomic mass is 9.92. The molecule has 164 valence electrons. The average molecular weight is 464 g/mol. The van der Waals surface area contributed by atoms with E-state index in [0.717, 1.165) is 32.2 Å². The van der Waals surface area contributed by atoms with Crippen LogP contribution < -0.4 is 21.1 Å². The second-order valence-electron chi connectivity index (χ2n) is 7.80. The smallest absolute Gasteiger partial charge is 0.258 e. The molecule has 31 heavy (non-hydrogen) atoms. The molecule has 0 radical (unpaired) electrons. The summed E-state index contributed by atoms with van der Waals surface area (Å²) in [6, 6.07) is 5.12. The second kappa shape index (κ2) is 8.88. The van der Waals surface area contributed by atoms with Gasteiger partial charge in [-0.2, -0.15) is 4.98 Å². The first-order valence-corrected chi connectivity index (χ1v) is 11.1. The van der Waals surface area contributed by atoms with Crippen molar-refractivity contribution in [1.82, 2.24) is 9.97 Å². The highest BCUT2D eigenvalue weighted by molar-refractivity contribution is 6.44. The Balaban J connectivity index is 1.67. The molecule has 1 aromatic carbocycles. The molecule has 0 aliphatic carbocycles. The number of rotatable bonds is 4. The zero-order chi connectivity index (χ0) is 22.1. The highest BCUT2D eigenvalue weighted by atomic mass is 35.5. The van der Waals surface area contributed by atoms with Crippen molar-refractivity contribution in [3.63, 3.8) is 0 Å². The Morgan fingerprint density at radius 2 is 2.10 bits per heavy atom. The number of piperidine rings is 1. The van der Waals surface area contributed by atoms with E-state index in [4.69, 9.17) is 23.2 Å². The molecule has 0 unspecified atom stereocenters. The van der Waals surface area contributed by atoms with Gasteiger partial charge < -0.3 is 15.5 Å². The first kappa shape index (κ1) is 21.6. The number of hydrogen-bond acceptors (Lipinski definition) is 5. The fourth-order valence-electron chi connectivity index (χ4n) is 4.24. The number of H-pyrrole nitrogens is 1. The van der Waals surface area contributed by atoms with Gasteiger partial charge in [0.05, 0.1) is 27.2 Å². The van der Waals surface area contributed by atoms with Crippen LogP contribution in [0.5, 0.6) is 0 Å². The summed E-state index contributed by atoms with van der Waals surface area (Å²) in [6.07, 6.45) is 3.93. The highest BCUT2D eigenvalue weighted by Gasteiger charge is 2.36. The topological polar surface area (TPSA) is 107 Å². The molecule has 1 fully saturated rings. The SMILES string of the molecule is CC[C@@H]1CCCCN1c1nc2c(c(=O)[nH]1)[C@H](C(=O)Nc1cccc(Cl)c1Cl)CC(=O)N2. The number of benzene rings is 1. The Hall–Kier alpha value is -2.58. The molecule has 8 nitrogen and oxygen atoms in total. The van der Waals surface area contributed by atoms with E-state index in [1.165, 1.54) is 0 Å². The molecule has 3 heterocycles. The van der Waals surface area contributed by atoms with E-state index < -0.39 is 17.4 Å². The average Bonchev–Trinajstić information content (AvgIpc) is 2.75. The number of carbonyl (C=O) groups is 2. The van der Waals surface area contributed by atoms with Gasteiger partial charge in [-0.05, 0) is 37.8 Å². The lowest BCUT2D eigenvalue weighted by Gasteiger charge is -2.36. The fourth-order valence-corrected chi connectivity index (χ4v) is 4.59. The number of hydrogen-bond donors (Lipinski definition) is 3. The minimum atomic E-state index is -0.993. The number of anilines is 3. The maximum absolute atomic E-state index is 13.0. The monoisotopic (exact) mass is 463 g/mol. The quantitative estimate of drug-likeness (QED) is 0.636. The number of nitrogens with one attached hydrogen (secondary N) is 3. The molecule has 0 saturated carbocycles. The van der Waals surface area contributed by atoms with Crippen molar-refractivity contribution in [2.45, 2.75) is 51.0 Å². The molecule has 3 N–H and O–H groups in total. The summed E-state index contributed by atoms with van der Waals surface area (Å²) >= 11 is 12.2. The summed E-state index contributed by atoms with van der Waals surface area (Å²) in [4.78, 5) is 47.8. The van der Waals surface area contributed by atoms with Gasteiger partial charge in [0.2, 0.25) is 17.8 Å². The van der Waals surface area contributed by atoms with Crippen LogP contribution in [0.15, 0.2) is 23.0 Å². The Morgan fingerprint density at radius 1 is 1.29 bits per heavy atom. The first-order chi connectivity index (χ1) is 14.9. The summed E-state index contributed by atoms with van der Waals surface area (Å²) in [7, 11) is 0. The summed E-state index contributed by atoms with van der Waals surface area (Å²) in [5.41, 5.74) is 0.0219. The van der Waals surface area contributed by atoms with E-state index in [1.54, 1.807) is 18.2 Å². The van der Waals surface area contributed by atoms with Crippen LogP contribution in [0.4, 0.5) is 17.5 Å². The van der Waals surface area contributed by atoms with Gasteiger partial charge in [-0.15, -0.1) is 0 Å². The molecule has 2 atom stereocenters. The molecule has 2 amide bonds. The summed E-state index contributed by atoms with van der Waals surface area (Å²) in [5, 5.41) is 5.82. The van der Waals surface area contributed by atoms with E-state index in [9.17, 15) is 14.4 Å². The van der Waals surface area contributed by atoms with Crippen LogP contribution in [0.2, 0.25) is 10.0 Å². The van der Waals surface area contributed by atoms with Gasteiger partial charge in [-0.3, -0.25) is 19.4 Å². The number of nitrogens with zero attached hydrogens (tertiary/aromatic N) is 2. The van der Waals surface area contributed by atoms with Crippen LogP contribution in [-0.2, 0) is 9.59 Å². The largest absolute Gasteiger partial charge is 0.339 e. The van der Waals surface area contributed by atoms with Gasteiger partial charge in [0.1, 0.15) is 5.82 Å². The Kier molecular flexibility index (Phi) is 6.20. The van der Waals surface area contributed by atoms with Crippen LogP contribution in [0.25, 0.3) is 0 Å². The first-order valence-electron chi connectivity index (χ1n) is 10.3. The van der Waals surface area contributed by atoms with Gasteiger partial charge in [0.15, 0.2) is 0 Å². The molecule has 0 spiro atoms. The second-order valence-corrected chi connectivity index (χ2v) is 8.58. The molecular weight excluding hydrogens is 441 g/mol. The third-order valence-corrected chi connectivity index (χ3v) is 6.65.